The Bertz CT molecular complexity index is 356. The van der Waals surface area contributed by atoms with Crippen LogP contribution in [-0.4, -0.2) is 0 Å². The van der Waals surface area contributed by atoms with Crippen LogP contribution in [0.1, 0.15) is 49.3 Å². The quantitative estimate of drug-likeness (QED) is 0.819. The minimum absolute atomic E-state index is 0.165. The van der Waals surface area contributed by atoms with Gasteiger partial charge in [0.05, 0.1) is 0 Å². The molecule has 0 aliphatic heterocycles. The van der Waals surface area contributed by atoms with Crippen molar-refractivity contribution in [2.75, 3.05) is 0 Å². The van der Waals surface area contributed by atoms with E-state index in [2.05, 4.69) is 12.1 Å². The Morgan fingerprint density at radius 2 is 1.94 bits per heavy atom. The summed E-state index contributed by atoms with van der Waals surface area (Å²) in [5.74, 6) is 0.646. The third-order valence-electron chi connectivity index (χ3n) is 3.74. The standard InChI is InChI=1S/C14H20ClN/c1-10-7-8-12(9-13(10)15)14(16)11-5-3-2-4-6-11/h7-9,11,14H,2-6,16H2,1H3/t14-/m1/s1. The normalized spacial score (nSPS) is 19.7. The molecule has 16 heavy (non-hydrogen) atoms. The monoisotopic (exact) mass is 237 g/mol. The fourth-order valence-electron chi connectivity index (χ4n) is 2.58. The lowest BCUT2D eigenvalue weighted by Crippen LogP contribution is -2.23. The summed E-state index contributed by atoms with van der Waals surface area (Å²) < 4.78 is 0. The van der Waals surface area contributed by atoms with Crippen molar-refractivity contribution in [2.24, 2.45) is 11.7 Å². The van der Waals surface area contributed by atoms with Crippen LogP contribution in [0.4, 0.5) is 0 Å². The van der Waals surface area contributed by atoms with Gasteiger partial charge >= 0.3 is 0 Å². The molecule has 2 heteroatoms. The van der Waals surface area contributed by atoms with Crippen LogP contribution in [0.15, 0.2) is 18.2 Å². The van der Waals surface area contributed by atoms with Crippen LogP contribution < -0.4 is 5.73 Å². The molecule has 1 aliphatic carbocycles. The second-order valence-electron chi connectivity index (χ2n) is 4.93. The second kappa shape index (κ2) is 5.20. The maximum atomic E-state index is 6.33. The molecule has 1 fully saturated rings. The van der Waals surface area contributed by atoms with E-state index in [0.29, 0.717) is 5.92 Å². The molecule has 1 aromatic rings. The van der Waals surface area contributed by atoms with Crippen molar-refractivity contribution >= 4 is 11.6 Å². The highest BCUT2D eigenvalue weighted by molar-refractivity contribution is 6.31. The SMILES string of the molecule is Cc1ccc([C@H](N)C2CCCCC2)cc1Cl. The minimum atomic E-state index is 0.165. The summed E-state index contributed by atoms with van der Waals surface area (Å²) in [5, 5.41) is 0.837. The summed E-state index contributed by atoms with van der Waals surface area (Å²) in [6.07, 6.45) is 6.58. The number of aryl methyl sites for hydroxylation is 1. The van der Waals surface area contributed by atoms with Gasteiger partial charge in [0.25, 0.3) is 0 Å². The molecule has 1 nitrogen and oxygen atoms in total. The fourth-order valence-corrected chi connectivity index (χ4v) is 2.77. The van der Waals surface area contributed by atoms with Gasteiger partial charge in [-0.1, -0.05) is 43.0 Å². The Morgan fingerprint density at radius 3 is 2.56 bits per heavy atom. The van der Waals surface area contributed by atoms with Crippen molar-refractivity contribution in [3.05, 3.63) is 34.3 Å². The van der Waals surface area contributed by atoms with Crippen molar-refractivity contribution in [3.8, 4) is 0 Å². The van der Waals surface area contributed by atoms with Crippen LogP contribution in [0, 0.1) is 12.8 Å². The molecule has 2 N–H and O–H groups in total. The molecule has 0 heterocycles. The number of rotatable bonds is 2. The molecule has 0 saturated heterocycles. The molecular weight excluding hydrogens is 218 g/mol. The van der Waals surface area contributed by atoms with Gasteiger partial charge in [0.15, 0.2) is 0 Å². The average Bonchev–Trinajstić information content (AvgIpc) is 2.33. The predicted molar refractivity (Wildman–Crippen MR) is 69.7 cm³/mol. The average molecular weight is 238 g/mol. The van der Waals surface area contributed by atoms with E-state index in [4.69, 9.17) is 17.3 Å². The molecule has 1 aliphatic rings. The molecule has 88 valence electrons. The first-order chi connectivity index (χ1) is 7.68. The third kappa shape index (κ3) is 2.58. The fraction of sp³-hybridized carbons (Fsp3) is 0.571. The van der Waals surface area contributed by atoms with Crippen LogP contribution in [0.3, 0.4) is 0 Å². The van der Waals surface area contributed by atoms with Gasteiger partial charge in [-0.3, -0.25) is 0 Å². The first-order valence-electron chi connectivity index (χ1n) is 6.20. The lowest BCUT2D eigenvalue weighted by Gasteiger charge is -2.28. The smallest absolute Gasteiger partial charge is 0.0438 e. The Morgan fingerprint density at radius 1 is 1.25 bits per heavy atom. The maximum absolute atomic E-state index is 6.33. The summed E-state index contributed by atoms with van der Waals surface area (Å²) in [6.45, 7) is 2.03. The van der Waals surface area contributed by atoms with Gasteiger partial charge in [0.1, 0.15) is 0 Å². The molecule has 0 bridgehead atoms. The topological polar surface area (TPSA) is 26.0 Å². The molecule has 0 unspecified atom stereocenters. The van der Waals surface area contributed by atoms with Gasteiger partial charge < -0.3 is 5.73 Å². The van der Waals surface area contributed by atoms with Crippen molar-refractivity contribution in [3.63, 3.8) is 0 Å². The molecular formula is C14H20ClN. The molecule has 1 aromatic carbocycles. The summed E-state index contributed by atoms with van der Waals surface area (Å²) in [6, 6.07) is 6.40. The van der Waals surface area contributed by atoms with Gasteiger partial charge in [-0.2, -0.15) is 0 Å². The third-order valence-corrected chi connectivity index (χ3v) is 4.15. The zero-order chi connectivity index (χ0) is 11.5. The molecule has 2 rings (SSSR count). The predicted octanol–water partition coefficient (Wildman–Crippen LogP) is 4.23. The highest BCUT2D eigenvalue weighted by atomic mass is 35.5. The van der Waals surface area contributed by atoms with Crippen molar-refractivity contribution in [1.82, 2.24) is 0 Å². The molecule has 0 spiro atoms. The van der Waals surface area contributed by atoms with Crippen LogP contribution in [-0.2, 0) is 0 Å². The lowest BCUT2D eigenvalue weighted by atomic mass is 9.81. The van der Waals surface area contributed by atoms with Gasteiger partial charge in [0.2, 0.25) is 0 Å². The first kappa shape index (κ1) is 11.9. The highest BCUT2D eigenvalue weighted by Gasteiger charge is 2.21. The van der Waals surface area contributed by atoms with Crippen molar-refractivity contribution in [2.45, 2.75) is 45.1 Å². The Balaban J connectivity index is 2.12. The van der Waals surface area contributed by atoms with Crippen molar-refractivity contribution < 1.29 is 0 Å². The number of benzene rings is 1. The van der Waals surface area contributed by atoms with Gasteiger partial charge in [-0.15, -0.1) is 0 Å². The van der Waals surface area contributed by atoms with Crippen LogP contribution >= 0.6 is 11.6 Å². The van der Waals surface area contributed by atoms with Crippen LogP contribution in [0.5, 0.6) is 0 Å². The Hall–Kier alpha value is -0.530. The molecule has 1 atom stereocenters. The Kier molecular flexibility index (Phi) is 3.88. The molecule has 0 radical (unpaired) electrons. The van der Waals surface area contributed by atoms with E-state index in [1.807, 2.05) is 13.0 Å². The van der Waals surface area contributed by atoms with Gasteiger partial charge in [-0.05, 0) is 42.9 Å². The van der Waals surface area contributed by atoms with E-state index in [1.165, 1.54) is 37.7 Å². The maximum Gasteiger partial charge on any atom is 0.0438 e. The number of halogens is 1. The van der Waals surface area contributed by atoms with Crippen LogP contribution in [0.25, 0.3) is 0 Å². The zero-order valence-corrected chi connectivity index (χ0v) is 10.6. The van der Waals surface area contributed by atoms with E-state index in [-0.39, 0.29) is 6.04 Å². The zero-order valence-electron chi connectivity index (χ0n) is 9.88. The highest BCUT2D eigenvalue weighted by Crippen LogP contribution is 2.33. The molecule has 1 saturated carbocycles. The van der Waals surface area contributed by atoms with E-state index in [0.717, 1.165) is 10.6 Å². The van der Waals surface area contributed by atoms with E-state index >= 15 is 0 Å². The number of nitrogens with two attached hydrogens (primary N) is 1. The van der Waals surface area contributed by atoms with E-state index < -0.39 is 0 Å². The lowest BCUT2D eigenvalue weighted by molar-refractivity contribution is 0.308. The second-order valence-corrected chi connectivity index (χ2v) is 5.34. The summed E-state index contributed by atoms with van der Waals surface area (Å²) in [5.41, 5.74) is 8.65. The minimum Gasteiger partial charge on any atom is -0.324 e. The largest absolute Gasteiger partial charge is 0.324 e. The van der Waals surface area contributed by atoms with Crippen molar-refractivity contribution in [1.29, 1.82) is 0 Å². The van der Waals surface area contributed by atoms with E-state index in [1.54, 1.807) is 0 Å². The van der Waals surface area contributed by atoms with Gasteiger partial charge in [-0.25, -0.2) is 0 Å². The molecule has 0 aromatic heterocycles. The molecule has 0 amide bonds. The number of hydrogen-bond donors (Lipinski definition) is 1. The van der Waals surface area contributed by atoms with Gasteiger partial charge in [0, 0.05) is 11.1 Å². The summed E-state index contributed by atoms with van der Waals surface area (Å²) in [7, 11) is 0. The van der Waals surface area contributed by atoms with E-state index in [9.17, 15) is 0 Å². The summed E-state index contributed by atoms with van der Waals surface area (Å²) >= 11 is 6.14. The summed E-state index contributed by atoms with van der Waals surface area (Å²) in [4.78, 5) is 0. The van der Waals surface area contributed by atoms with Crippen LogP contribution in [0.2, 0.25) is 5.02 Å². The Labute approximate surface area is 103 Å². The first-order valence-corrected chi connectivity index (χ1v) is 6.58. The number of hydrogen-bond acceptors (Lipinski definition) is 1.